The minimum absolute atomic E-state index is 0.0908. The summed E-state index contributed by atoms with van der Waals surface area (Å²) in [6.07, 6.45) is 5.71. The second-order valence-corrected chi connectivity index (χ2v) is 2.98. The van der Waals surface area contributed by atoms with E-state index < -0.39 is 0 Å². The van der Waals surface area contributed by atoms with E-state index in [2.05, 4.69) is 4.98 Å². The standard InChI is InChI=1S/C10H14N2/c1-8-3-5-10(12-7-8)6-4-9(2)11/h3-7,9H,11H2,1-2H3/b6-4+. The highest BCUT2D eigenvalue weighted by Crippen LogP contribution is 2.00. The fourth-order valence-electron chi connectivity index (χ4n) is 0.828. The van der Waals surface area contributed by atoms with Gasteiger partial charge in [-0.3, -0.25) is 4.98 Å². The van der Waals surface area contributed by atoms with Crippen LogP contribution in [0.2, 0.25) is 0 Å². The van der Waals surface area contributed by atoms with Crippen molar-refractivity contribution < 1.29 is 0 Å². The van der Waals surface area contributed by atoms with Crippen molar-refractivity contribution in [2.45, 2.75) is 19.9 Å². The van der Waals surface area contributed by atoms with Crippen LogP contribution in [0, 0.1) is 6.92 Å². The zero-order valence-corrected chi connectivity index (χ0v) is 7.49. The monoisotopic (exact) mass is 162 g/mol. The normalized spacial score (nSPS) is 13.6. The maximum atomic E-state index is 5.56. The van der Waals surface area contributed by atoms with Crippen molar-refractivity contribution in [2.75, 3.05) is 0 Å². The molecule has 0 aliphatic rings. The van der Waals surface area contributed by atoms with Crippen LogP contribution in [-0.4, -0.2) is 11.0 Å². The van der Waals surface area contributed by atoms with Gasteiger partial charge in [0.1, 0.15) is 0 Å². The molecule has 0 radical (unpaired) electrons. The van der Waals surface area contributed by atoms with Crippen molar-refractivity contribution in [3.05, 3.63) is 35.7 Å². The average Bonchev–Trinajstić information content (AvgIpc) is 2.03. The molecule has 1 rings (SSSR count). The van der Waals surface area contributed by atoms with Gasteiger partial charge in [0.15, 0.2) is 0 Å². The molecule has 0 fully saturated rings. The Morgan fingerprint density at radius 2 is 2.25 bits per heavy atom. The minimum Gasteiger partial charge on any atom is -0.325 e. The van der Waals surface area contributed by atoms with E-state index in [4.69, 9.17) is 5.73 Å². The Kier molecular flexibility index (Phi) is 3.00. The lowest BCUT2D eigenvalue weighted by atomic mass is 10.2. The molecule has 1 heterocycles. The first-order valence-corrected chi connectivity index (χ1v) is 4.05. The van der Waals surface area contributed by atoms with Crippen molar-refractivity contribution in [3.63, 3.8) is 0 Å². The van der Waals surface area contributed by atoms with E-state index >= 15 is 0 Å². The van der Waals surface area contributed by atoms with E-state index in [9.17, 15) is 0 Å². The van der Waals surface area contributed by atoms with Gasteiger partial charge in [-0.15, -0.1) is 0 Å². The van der Waals surface area contributed by atoms with Crippen LogP contribution in [0.15, 0.2) is 24.4 Å². The van der Waals surface area contributed by atoms with Gasteiger partial charge in [0.2, 0.25) is 0 Å². The molecule has 0 spiro atoms. The van der Waals surface area contributed by atoms with E-state index in [1.54, 1.807) is 0 Å². The molecule has 0 saturated carbocycles. The smallest absolute Gasteiger partial charge is 0.0627 e. The van der Waals surface area contributed by atoms with Gasteiger partial charge in [-0.2, -0.15) is 0 Å². The number of hydrogen-bond donors (Lipinski definition) is 1. The maximum absolute atomic E-state index is 5.56. The lowest BCUT2D eigenvalue weighted by Gasteiger charge is -1.95. The number of pyridine rings is 1. The van der Waals surface area contributed by atoms with Crippen molar-refractivity contribution in [1.82, 2.24) is 4.98 Å². The van der Waals surface area contributed by atoms with Gasteiger partial charge in [0.05, 0.1) is 5.69 Å². The first-order valence-electron chi connectivity index (χ1n) is 4.05. The molecular weight excluding hydrogens is 148 g/mol. The third-order valence-corrected chi connectivity index (χ3v) is 1.50. The van der Waals surface area contributed by atoms with Crippen LogP contribution in [-0.2, 0) is 0 Å². The van der Waals surface area contributed by atoms with Crippen LogP contribution in [0.5, 0.6) is 0 Å². The van der Waals surface area contributed by atoms with Crippen molar-refractivity contribution >= 4 is 6.08 Å². The molecule has 0 aromatic carbocycles. The number of aromatic nitrogens is 1. The Morgan fingerprint density at radius 3 is 2.75 bits per heavy atom. The van der Waals surface area contributed by atoms with Gasteiger partial charge < -0.3 is 5.73 Å². The average molecular weight is 162 g/mol. The third-order valence-electron chi connectivity index (χ3n) is 1.50. The van der Waals surface area contributed by atoms with Crippen LogP contribution in [0.1, 0.15) is 18.2 Å². The van der Waals surface area contributed by atoms with E-state index in [-0.39, 0.29) is 6.04 Å². The fraction of sp³-hybridized carbons (Fsp3) is 0.300. The third kappa shape index (κ3) is 2.84. The summed E-state index contributed by atoms with van der Waals surface area (Å²) in [5.41, 5.74) is 7.69. The van der Waals surface area contributed by atoms with E-state index in [0.717, 1.165) is 5.69 Å². The maximum Gasteiger partial charge on any atom is 0.0627 e. The van der Waals surface area contributed by atoms with Crippen LogP contribution >= 0.6 is 0 Å². The Bertz CT molecular complexity index is 260. The molecule has 1 unspecified atom stereocenters. The number of hydrogen-bond acceptors (Lipinski definition) is 2. The molecule has 0 aliphatic carbocycles. The summed E-state index contributed by atoms with van der Waals surface area (Å²) >= 11 is 0. The zero-order chi connectivity index (χ0) is 8.97. The molecule has 2 N–H and O–H groups in total. The molecule has 2 nitrogen and oxygen atoms in total. The molecule has 1 atom stereocenters. The number of aryl methyl sites for hydroxylation is 1. The SMILES string of the molecule is Cc1ccc(/C=C/C(C)N)nc1. The van der Waals surface area contributed by atoms with Crippen LogP contribution in [0.25, 0.3) is 6.08 Å². The molecule has 64 valence electrons. The van der Waals surface area contributed by atoms with Crippen LogP contribution in [0.3, 0.4) is 0 Å². The summed E-state index contributed by atoms with van der Waals surface area (Å²) in [4.78, 5) is 4.21. The second kappa shape index (κ2) is 4.02. The van der Waals surface area contributed by atoms with E-state index in [1.165, 1.54) is 5.56 Å². The van der Waals surface area contributed by atoms with Crippen molar-refractivity contribution in [3.8, 4) is 0 Å². The summed E-state index contributed by atoms with van der Waals surface area (Å²) in [7, 11) is 0. The number of rotatable bonds is 2. The predicted molar refractivity (Wildman–Crippen MR) is 51.7 cm³/mol. The van der Waals surface area contributed by atoms with E-state index in [0.29, 0.717) is 0 Å². The zero-order valence-electron chi connectivity index (χ0n) is 7.49. The van der Waals surface area contributed by atoms with Gasteiger partial charge in [0, 0.05) is 12.2 Å². The second-order valence-electron chi connectivity index (χ2n) is 2.98. The van der Waals surface area contributed by atoms with Gasteiger partial charge in [-0.1, -0.05) is 12.1 Å². The van der Waals surface area contributed by atoms with Gasteiger partial charge >= 0.3 is 0 Å². The van der Waals surface area contributed by atoms with Gasteiger partial charge in [0.25, 0.3) is 0 Å². The minimum atomic E-state index is 0.0908. The molecule has 2 heteroatoms. The molecule has 0 aliphatic heterocycles. The van der Waals surface area contributed by atoms with Crippen LogP contribution in [0.4, 0.5) is 0 Å². The van der Waals surface area contributed by atoms with E-state index in [1.807, 2.05) is 44.3 Å². The lowest BCUT2D eigenvalue weighted by molar-refractivity contribution is 0.930. The number of nitrogens with zero attached hydrogens (tertiary/aromatic N) is 1. The highest BCUT2D eigenvalue weighted by molar-refractivity contribution is 5.45. The molecule has 0 bridgehead atoms. The highest BCUT2D eigenvalue weighted by Gasteiger charge is 1.88. The molecule has 1 aromatic heterocycles. The summed E-state index contributed by atoms with van der Waals surface area (Å²) in [5.74, 6) is 0. The Morgan fingerprint density at radius 1 is 1.50 bits per heavy atom. The Hall–Kier alpha value is -1.15. The molecule has 0 amide bonds. The fourth-order valence-corrected chi connectivity index (χ4v) is 0.828. The highest BCUT2D eigenvalue weighted by atomic mass is 14.7. The molecule has 0 saturated heterocycles. The largest absolute Gasteiger partial charge is 0.325 e. The predicted octanol–water partition coefficient (Wildman–Crippen LogP) is 1.75. The summed E-state index contributed by atoms with van der Waals surface area (Å²) in [6, 6.07) is 4.11. The molecular formula is C10H14N2. The Labute approximate surface area is 73.1 Å². The topological polar surface area (TPSA) is 38.9 Å². The van der Waals surface area contributed by atoms with Gasteiger partial charge in [-0.05, 0) is 31.6 Å². The summed E-state index contributed by atoms with van der Waals surface area (Å²) in [5, 5.41) is 0. The Balaban J connectivity index is 2.71. The van der Waals surface area contributed by atoms with Gasteiger partial charge in [-0.25, -0.2) is 0 Å². The van der Waals surface area contributed by atoms with Crippen molar-refractivity contribution in [2.24, 2.45) is 5.73 Å². The summed E-state index contributed by atoms with van der Waals surface area (Å²) < 4.78 is 0. The first-order chi connectivity index (χ1) is 5.68. The quantitative estimate of drug-likeness (QED) is 0.719. The molecule has 12 heavy (non-hydrogen) atoms. The lowest BCUT2D eigenvalue weighted by Crippen LogP contribution is -2.09. The van der Waals surface area contributed by atoms with Crippen molar-refractivity contribution in [1.29, 1.82) is 0 Å². The summed E-state index contributed by atoms with van der Waals surface area (Å²) in [6.45, 7) is 3.96. The first kappa shape index (κ1) is 8.94. The molecule has 1 aromatic rings. The van der Waals surface area contributed by atoms with Crippen LogP contribution < -0.4 is 5.73 Å². The number of nitrogens with two attached hydrogens (primary N) is 1.